The van der Waals surface area contributed by atoms with Crippen LogP contribution in [-0.4, -0.2) is 69.1 Å². The number of hydrogen-bond acceptors (Lipinski definition) is 8. The quantitative estimate of drug-likeness (QED) is 0.263. The molecule has 41 heavy (non-hydrogen) atoms. The molecule has 4 aromatic rings. The smallest absolute Gasteiger partial charge is 0.387 e. The Hall–Kier alpha value is -4.52. The second-order valence-electron chi connectivity index (χ2n) is 9.58. The largest absolute Gasteiger partial charge is 0.496 e. The molecule has 1 aliphatic carbocycles. The van der Waals surface area contributed by atoms with Gasteiger partial charge in [0.15, 0.2) is 0 Å². The summed E-state index contributed by atoms with van der Waals surface area (Å²) in [6, 6.07) is 4.58. The van der Waals surface area contributed by atoms with E-state index in [0.717, 1.165) is 12.8 Å². The lowest BCUT2D eigenvalue weighted by atomic mass is 9.93. The third kappa shape index (κ3) is 5.71. The van der Waals surface area contributed by atoms with Crippen LogP contribution in [0.3, 0.4) is 0 Å². The predicted octanol–water partition coefficient (Wildman–Crippen LogP) is 3.54. The first-order valence-corrected chi connectivity index (χ1v) is 13.0. The Morgan fingerprint density at radius 2 is 1.90 bits per heavy atom. The number of aryl methyl sites for hydroxylation is 1. The SMILES string of the molecule is CCOC(=O)C(CO)c1cn2c(-c3cc(OC)c(C(=O)NC4CC4)c(OC(F)F)c3)cnc2cc1-c1cnn(C)c1. The Morgan fingerprint density at radius 1 is 1.15 bits per heavy atom. The lowest BCUT2D eigenvalue weighted by Gasteiger charge is -2.19. The summed E-state index contributed by atoms with van der Waals surface area (Å²) in [6.07, 6.45) is 8.18. The highest BCUT2D eigenvalue weighted by atomic mass is 19.3. The number of hydrogen-bond donors (Lipinski definition) is 2. The highest BCUT2D eigenvalue weighted by molar-refractivity contribution is 6.01. The summed E-state index contributed by atoms with van der Waals surface area (Å²) in [7, 11) is 3.09. The number of nitrogens with zero attached hydrogens (tertiary/aromatic N) is 4. The number of halogens is 2. The first kappa shape index (κ1) is 28.0. The third-order valence-electron chi connectivity index (χ3n) is 6.76. The van der Waals surface area contributed by atoms with Crippen molar-refractivity contribution in [1.82, 2.24) is 24.5 Å². The van der Waals surface area contributed by atoms with E-state index >= 15 is 0 Å². The van der Waals surface area contributed by atoms with Gasteiger partial charge in [-0.25, -0.2) is 4.98 Å². The van der Waals surface area contributed by atoms with Crippen LogP contribution >= 0.6 is 0 Å². The summed E-state index contributed by atoms with van der Waals surface area (Å²) >= 11 is 0. The number of aliphatic hydroxyl groups is 1. The van der Waals surface area contributed by atoms with Gasteiger partial charge in [-0.3, -0.25) is 18.7 Å². The summed E-state index contributed by atoms with van der Waals surface area (Å²) in [5.41, 5.74) is 2.88. The molecule has 3 heterocycles. The Bertz CT molecular complexity index is 1600. The molecule has 1 fully saturated rings. The molecule has 0 aliphatic heterocycles. The lowest BCUT2D eigenvalue weighted by Crippen LogP contribution is -2.26. The molecule has 3 aromatic heterocycles. The van der Waals surface area contributed by atoms with Gasteiger partial charge >= 0.3 is 12.6 Å². The molecule has 0 bridgehead atoms. The van der Waals surface area contributed by atoms with Gasteiger partial charge in [-0.15, -0.1) is 0 Å². The fourth-order valence-electron chi connectivity index (χ4n) is 4.68. The molecule has 0 radical (unpaired) electrons. The van der Waals surface area contributed by atoms with E-state index in [4.69, 9.17) is 14.2 Å². The fourth-order valence-corrected chi connectivity index (χ4v) is 4.68. The summed E-state index contributed by atoms with van der Waals surface area (Å²) in [5, 5.41) is 17.2. The molecular weight excluding hydrogens is 540 g/mol. The predicted molar refractivity (Wildman–Crippen MR) is 143 cm³/mol. The second kappa shape index (κ2) is 11.5. The van der Waals surface area contributed by atoms with E-state index in [1.165, 1.54) is 25.4 Å². The van der Waals surface area contributed by atoms with Crippen LogP contribution < -0.4 is 14.8 Å². The molecule has 11 nitrogen and oxygen atoms in total. The molecule has 1 amide bonds. The topological polar surface area (TPSA) is 129 Å². The molecule has 0 spiro atoms. The third-order valence-corrected chi connectivity index (χ3v) is 6.76. The second-order valence-corrected chi connectivity index (χ2v) is 9.58. The Labute approximate surface area is 233 Å². The van der Waals surface area contributed by atoms with Crippen molar-refractivity contribution in [3.8, 4) is 33.9 Å². The van der Waals surface area contributed by atoms with Gasteiger partial charge in [0.05, 0.1) is 38.4 Å². The molecule has 1 atom stereocenters. The highest BCUT2D eigenvalue weighted by Crippen LogP contribution is 2.38. The molecule has 1 aliphatic rings. The van der Waals surface area contributed by atoms with Gasteiger partial charge in [-0.2, -0.15) is 13.9 Å². The number of methoxy groups -OCH3 is 1. The summed E-state index contributed by atoms with van der Waals surface area (Å²) in [6.45, 7) is -1.91. The lowest BCUT2D eigenvalue weighted by molar-refractivity contribution is -0.145. The first-order chi connectivity index (χ1) is 19.7. The number of carbonyl (C=O) groups is 2. The number of rotatable bonds is 11. The number of aliphatic hydroxyl groups excluding tert-OH is 1. The summed E-state index contributed by atoms with van der Waals surface area (Å²) in [5.74, 6) is -2.52. The van der Waals surface area contributed by atoms with Gasteiger partial charge < -0.3 is 24.6 Å². The minimum absolute atomic E-state index is 0.0173. The monoisotopic (exact) mass is 569 g/mol. The normalized spacial score (nSPS) is 13.8. The Balaban J connectivity index is 1.69. The van der Waals surface area contributed by atoms with Crippen LogP contribution in [0.4, 0.5) is 8.78 Å². The maximum atomic E-state index is 13.4. The molecule has 2 N–H and O–H groups in total. The minimum Gasteiger partial charge on any atom is -0.496 e. The Morgan fingerprint density at radius 3 is 2.51 bits per heavy atom. The van der Waals surface area contributed by atoms with Gasteiger partial charge in [-0.05, 0) is 49.1 Å². The number of imidazole rings is 1. The van der Waals surface area contributed by atoms with E-state index in [1.54, 1.807) is 47.7 Å². The average Bonchev–Trinajstić information content (AvgIpc) is 3.48. The van der Waals surface area contributed by atoms with E-state index in [9.17, 15) is 23.5 Å². The minimum atomic E-state index is -3.19. The van der Waals surface area contributed by atoms with Crippen LogP contribution in [0.5, 0.6) is 11.5 Å². The van der Waals surface area contributed by atoms with Crippen molar-refractivity contribution < 1.29 is 37.7 Å². The molecular formula is C28H29F2N5O6. The number of alkyl halides is 2. The Kier molecular flexibility index (Phi) is 7.88. The molecule has 1 aromatic carbocycles. The number of carbonyl (C=O) groups excluding carboxylic acids is 2. The van der Waals surface area contributed by atoms with Crippen LogP contribution in [0.1, 0.15) is 41.6 Å². The molecule has 0 saturated heterocycles. The van der Waals surface area contributed by atoms with Crippen LogP contribution in [-0.2, 0) is 16.6 Å². The number of pyridine rings is 1. The van der Waals surface area contributed by atoms with E-state index in [-0.39, 0.29) is 29.7 Å². The van der Waals surface area contributed by atoms with Crippen molar-refractivity contribution in [3.05, 3.63) is 54.1 Å². The number of fused-ring (bicyclic) bond motifs is 1. The van der Waals surface area contributed by atoms with Gasteiger partial charge in [0.1, 0.15) is 28.6 Å². The maximum absolute atomic E-state index is 13.4. The average molecular weight is 570 g/mol. The van der Waals surface area contributed by atoms with E-state index in [0.29, 0.717) is 33.6 Å². The zero-order valence-corrected chi connectivity index (χ0v) is 22.6. The van der Waals surface area contributed by atoms with Crippen LogP contribution in [0.2, 0.25) is 0 Å². The molecule has 13 heteroatoms. The van der Waals surface area contributed by atoms with E-state index in [1.807, 2.05) is 0 Å². The van der Waals surface area contributed by atoms with Crippen molar-refractivity contribution in [1.29, 1.82) is 0 Å². The zero-order valence-electron chi connectivity index (χ0n) is 22.6. The van der Waals surface area contributed by atoms with Gasteiger partial charge in [0.2, 0.25) is 0 Å². The van der Waals surface area contributed by atoms with Crippen LogP contribution in [0, 0.1) is 0 Å². The maximum Gasteiger partial charge on any atom is 0.387 e. The molecule has 216 valence electrons. The van der Waals surface area contributed by atoms with Crippen molar-refractivity contribution in [2.75, 3.05) is 20.3 Å². The number of aromatic nitrogens is 4. The number of esters is 1. The van der Waals surface area contributed by atoms with Crippen LogP contribution in [0.25, 0.3) is 28.0 Å². The zero-order chi connectivity index (χ0) is 29.3. The van der Waals surface area contributed by atoms with Crippen LogP contribution in [0.15, 0.2) is 43.0 Å². The van der Waals surface area contributed by atoms with Crippen molar-refractivity contribution >= 4 is 17.5 Å². The van der Waals surface area contributed by atoms with E-state index in [2.05, 4.69) is 15.4 Å². The van der Waals surface area contributed by atoms with Crippen molar-refractivity contribution in [2.24, 2.45) is 7.05 Å². The standard InChI is InChI=1S/C28H29F2N5O6/c1-4-40-27(38)20(14-36)19-13-35-21(11-31-24(35)9-18(19)16-10-32-34(2)12-16)15-7-22(39-3)25(23(8-15)41-28(29)30)26(37)33-17-5-6-17/h7-13,17,20,28,36H,4-6,14H2,1-3H3,(H,33,37). The summed E-state index contributed by atoms with van der Waals surface area (Å²) < 4.78 is 45.6. The highest BCUT2D eigenvalue weighted by Gasteiger charge is 2.30. The van der Waals surface area contributed by atoms with Crippen molar-refractivity contribution in [2.45, 2.75) is 38.3 Å². The molecule has 1 unspecified atom stereocenters. The number of ether oxygens (including phenoxy) is 3. The fraction of sp³-hybridized carbons (Fsp3) is 0.357. The first-order valence-electron chi connectivity index (χ1n) is 13.0. The number of nitrogens with one attached hydrogen (secondary N) is 1. The number of benzene rings is 1. The van der Waals surface area contributed by atoms with E-state index < -0.39 is 31.0 Å². The number of amides is 1. The molecule has 1 saturated carbocycles. The van der Waals surface area contributed by atoms with Crippen molar-refractivity contribution in [3.63, 3.8) is 0 Å². The van der Waals surface area contributed by atoms with Gasteiger partial charge in [-0.1, -0.05) is 0 Å². The molecule has 5 rings (SSSR count). The van der Waals surface area contributed by atoms with Gasteiger partial charge in [0, 0.05) is 36.6 Å². The van der Waals surface area contributed by atoms with Gasteiger partial charge in [0.25, 0.3) is 5.91 Å². The summed E-state index contributed by atoms with van der Waals surface area (Å²) in [4.78, 5) is 30.3.